The molecule has 0 spiro atoms. The Morgan fingerprint density at radius 3 is 2.66 bits per heavy atom. The van der Waals surface area contributed by atoms with Gasteiger partial charge in [-0.3, -0.25) is 0 Å². The van der Waals surface area contributed by atoms with Crippen LogP contribution in [0.15, 0.2) is 60.4 Å². The SMILES string of the molecule is C=C/C=c1/[nH]c2cc(C(/C=C\C(OC3CCC3)=C(/C)CC)=C/C)ccc2/c1=C/CCCC. The van der Waals surface area contributed by atoms with Crippen LogP contribution in [-0.2, 0) is 4.74 Å². The molecule has 0 bridgehead atoms. The van der Waals surface area contributed by atoms with Crippen molar-refractivity contribution in [3.05, 3.63) is 76.5 Å². The van der Waals surface area contributed by atoms with Gasteiger partial charge in [0.2, 0.25) is 0 Å². The van der Waals surface area contributed by atoms with Crippen LogP contribution >= 0.6 is 0 Å². The van der Waals surface area contributed by atoms with Gasteiger partial charge in [-0.1, -0.05) is 69.7 Å². The summed E-state index contributed by atoms with van der Waals surface area (Å²) in [6.45, 7) is 12.6. The summed E-state index contributed by atoms with van der Waals surface area (Å²) in [7, 11) is 0. The zero-order valence-corrected chi connectivity index (χ0v) is 20.3. The molecule has 1 fully saturated rings. The lowest BCUT2D eigenvalue weighted by molar-refractivity contribution is 0.0572. The summed E-state index contributed by atoms with van der Waals surface area (Å²) in [5.74, 6) is 1.04. The van der Waals surface area contributed by atoms with Crippen molar-refractivity contribution in [2.45, 2.75) is 78.7 Å². The maximum absolute atomic E-state index is 6.27. The van der Waals surface area contributed by atoms with Crippen molar-refractivity contribution in [1.29, 1.82) is 0 Å². The first-order valence-corrected chi connectivity index (χ1v) is 12.3. The van der Waals surface area contributed by atoms with Crippen molar-refractivity contribution in [2.24, 2.45) is 0 Å². The minimum atomic E-state index is 0.391. The van der Waals surface area contributed by atoms with Gasteiger partial charge in [0.1, 0.15) is 5.76 Å². The highest BCUT2D eigenvalue weighted by Gasteiger charge is 2.20. The van der Waals surface area contributed by atoms with E-state index >= 15 is 0 Å². The Morgan fingerprint density at radius 2 is 2.03 bits per heavy atom. The molecule has 1 heterocycles. The fourth-order valence-corrected chi connectivity index (χ4v) is 3.99. The molecule has 2 nitrogen and oxygen atoms in total. The van der Waals surface area contributed by atoms with Crippen LogP contribution in [0.1, 0.15) is 78.2 Å². The average Bonchev–Trinajstić information content (AvgIpc) is 3.11. The van der Waals surface area contributed by atoms with Gasteiger partial charge in [0, 0.05) is 21.5 Å². The molecule has 0 atom stereocenters. The highest BCUT2D eigenvalue weighted by atomic mass is 16.5. The highest BCUT2D eigenvalue weighted by Crippen LogP contribution is 2.27. The predicted octanol–water partition coefficient (Wildman–Crippen LogP) is 7.32. The molecule has 1 N–H and O–H groups in total. The number of H-pyrrole nitrogens is 1. The molecule has 1 aliphatic carbocycles. The second kappa shape index (κ2) is 11.8. The topological polar surface area (TPSA) is 25.0 Å². The van der Waals surface area contributed by atoms with Crippen molar-refractivity contribution in [1.82, 2.24) is 4.98 Å². The van der Waals surface area contributed by atoms with Crippen LogP contribution in [-0.4, -0.2) is 11.1 Å². The van der Waals surface area contributed by atoms with Gasteiger partial charge in [-0.05, 0) is 80.9 Å². The number of hydrogen-bond acceptors (Lipinski definition) is 1. The molecule has 1 aromatic carbocycles. The third-order valence-corrected chi connectivity index (χ3v) is 6.42. The quantitative estimate of drug-likeness (QED) is 0.239. The molecule has 0 saturated heterocycles. The summed E-state index contributed by atoms with van der Waals surface area (Å²) >= 11 is 0. The minimum Gasteiger partial charge on any atom is -0.491 e. The smallest absolute Gasteiger partial charge is 0.118 e. The summed E-state index contributed by atoms with van der Waals surface area (Å²) < 4.78 is 6.27. The zero-order chi connectivity index (χ0) is 22.9. The fourth-order valence-electron chi connectivity index (χ4n) is 3.99. The third-order valence-electron chi connectivity index (χ3n) is 6.42. The molecule has 0 amide bonds. The molecule has 170 valence electrons. The van der Waals surface area contributed by atoms with Gasteiger partial charge in [-0.15, -0.1) is 0 Å². The summed E-state index contributed by atoms with van der Waals surface area (Å²) in [4.78, 5) is 3.60. The molecule has 1 saturated carbocycles. The van der Waals surface area contributed by atoms with E-state index in [0.29, 0.717) is 6.10 Å². The Hall–Kier alpha value is -2.74. The van der Waals surface area contributed by atoms with E-state index in [-0.39, 0.29) is 0 Å². The van der Waals surface area contributed by atoms with E-state index in [1.165, 1.54) is 59.4 Å². The Balaban J connectivity index is 1.95. The molecule has 0 aliphatic heterocycles. The number of aromatic amines is 1. The lowest BCUT2D eigenvalue weighted by atomic mass is 9.96. The van der Waals surface area contributed by atoms with Crippen LogP contribution in [0, 0.1) is 0 Å². The zero-order valence-electron chi connectivity index (χ0n) is 20.3. The summed E-state index contributed by atoms with van der Waals surface area (Å²) in [5, 5.41) is 3.70. The molecule has 0 unspecified atom stereocenters. The Kier molecular flexibility index (Phi) is 8.79. The fraction of sp³-hybridized carbons (Fsp3) is 0.400. The van der Waals surface area contributed by atoms with Gasteiger partial charge in [0.25, 0.3) is 0 Å². The highest BCUT2D eigenvalue weighted by molar-refractivity contribution is 5.87. The van der Waals surface area contributed by atoms with E-state index in [1.54, 1.807) is 0 Å². The van der Waals surface area contributed by atoms with Gasteiger partial charge in [0.15, 0.2) is 0 Å². The van der Waals surface area contributed by atoms with Crippen LogP contribution in [0.25, 0.3) is 28.6 Å². The van der Waals surface area contributed by atoms with E-state index in [0.717, 1.165) is 29.5 Å². The summed E-state index contributed by atoms with van der Waals surface area (Å²) in [6.07, 6.45) is 21.4. The summed E-state index contributed by atoms with van der Waals surface area (Å²) in [6, 6.07) is 6.73. The molecule has 32 heavy (non-hydrogen) atoms. The van der Waals surface area contributed by atoms with Crippen LogP contribution in [0.2, 0.25) is 0 Å². The number of allylic oxidation sites excluding steroid dienone is 6. The number of ether oxygens (including phenoxy) is 1. The second-order valence-corrected chi connectivity index (χ2v) is 8.71. The van der Waals surface area contributed by atoms with Gasteiger partial charge in [-0.2, -0.15) is 0 Å². The molecule has 1 aromatic heterocycles. The molecule has 1 aliphatic rings. The first-order valence-electron chi connectivity index (χ1n) is 12.3. The number of hydrogen-bond donors (Lipinski definition) is 1. The number of aromatic nitrogens is 1. The number of rotatable bonds is 10. The van der Waals surface area contributed by atoms with Crippen molar-refractivity contribution in [2.75, 3.05) is 0 Å². The number of unbranched alkanes of at least 4 members (excludes halogenated alkanes) is 2. The van der Waals surface area contributed by atoms with E-state index in [9.17, 15) is 0 Å². The van der Waals surface area contributed by atoms with Gasteiger partial charge in [-0.25, -0.2) is 0 Å². The molecular weight excluding hydrogens is 390 g/mol. The minimum absolute atomic E-state index is 0.391. The second-order valence-electron chi connectivity index (χ2n) is 8.71. The van der Waals surface area contributed by atoms with Crippen LogP contribution in [0.5, 0.6) is 0 Å². The van der Waals surface area contributed by atoms with Gasteiger partial charge < -0.3 is 9.72 Å². The molecular formula is C30H39NO. The Morgan fingerprint density at radius 1 is 1.22 bits per heavy atom. The molecule has 3 rings (SSSR count). The molecule has 0 radical (unpaired) electrons. The van der Waals surface area contributed by atoms with Crippen LogP contribution in [0.4, 0.5) is 0 Å². The average molecular weight is 430 g/mol. The van der Waals surface area contributed by atoms with Gasteiger partial charge in [0.05, 0.1) is 6.10 Å². The van der Waals surface area contributed by atoms with Crippen LogP contribution in [0.3, 0.4) is 0 Å². The maximum Gasteiger partial charge on any atom is 0.118 e. The lowest BCUT2D eigenvalue weighted by Crippen LogP contribution is -2.22. The largest absolute Gasteiger partial charge is 0.491 e. The van der Waals surface area contributed by atoms with E-state index in [4.69, 9.17) is 4.74 Å². The van der Waals surface area contributed by atoms with Crippen molar-refractivity contribution < 1.29 is 4.74 Å². The van der Waals surface area contributed by atoms with Crippen molar-refractivity contribution >= 4 is 28.6 Å². The maximum atomic E-state index is 6.27. The third kappa shape index (κ3) is 5.73. The van der Waals surface area contributed by atoms with E-state index in [1.807, 2.05) is 6.08 Å². The van der Waals surface area contributed by atoms with Crippen LogP contribution < -0.4 is 10.6 Å². The monoisotopic (exact) mass is 429 g/mol. The van der Waals surface area contributed by atoms with Gasteiger partial charge >= 0.3 is 0 Å². The standard InChI is InChI=1S/C30H39NO/c1-6-10-11-16-26-27-19-17-24(21-29(27)31-28(26)13-7-2)23(9-4)18-20-30(22(5)8-3)32-25-14-12-15-25/h7,9,13,16-21,25,31H,2,6,8,10-12,14-15H2,1,3-5H3/b20-18-,23-9+,26-16-,28-13+,30-22-. The van der Waals surface area contributed by atoms with Crippen molar-refractivity contribution in [3.63, 3.8) is 0 Å². The number of nitrogens with one attached hydrogen (secondary N) is 1. The predicted molar refractivity (Wildman–Crippen MR) is 141 cm³/mol. The molecule has 2 heteroatoms. The number of benzene rings is 1. The first kappa shape index (κ1) is 23.9. The Labute approximate surface area is 193 Å². The first-order chi connectivity index (χ1) is 15.6. The van der Waals surface area contributed by atoms with E-state index < -0.39 is 0 Å². The number of fused-ring (bicyclic) bond motifs is 1. The molecule has 2 aromatic rings. The van der Waals surface area contributed by atoms with E-state index in [2.05, 4.69) is 87.8 Å². The normalized spacial score (nSPS) is 17.2. The Bertz CT molecular complexity index is 1140. The summed E-state index contributed by atoms with van der Waals surface area (Å²) in [5.41, 5.74) is 4.88. The van der Waals surface area contributed by atoms with Crippen molar-refractivity contribution in [3.8, 4) is 0 Å². The lowest BCUT2D eigenvalue weighted by Gasteiger charge is -2.27.